The molecule has 1 saturated heterocycles. The van der Waals surface area contributed by atoms with Gasteiger partial charge in [-0.05, 0) is 36.8 Å². The van der Waals surface area contributed by atoms with E-state index in [2.05, 4.69) is 5.32 Å². The first kappa shape index (κ1) is 17.2. The van der Waals surface area contributed by atoms with E-state index in [0.29, 0.717) is 11.4 Å². The molecule has 1 fully saturated rings. The number of benzene rings is 2. The first-order valence-corrected chi connectivity index (χ1v) is 8.99. The Kier molecular flexibility index (Phi) is 5.19. The predicted octanol–water partition coefficient (Wildman–Crippen LogP) is 3.00. The Labute approximate surface area is 150 Å². The van der Waals surface area contributed by atoms with Crippen LogP contribution in [0, 0.1) is 6.92 Å². The van der Waals surface area contributed by atoms with Gasteiger partial charge in [0.2, 0.25) is 17.7 Å². The zero-order valence-corrected chi connectivity index (χ0v) is 14.6. The zero-order chi connectivity index (χ0) is 17.8. The van der Waals surface area contributed by atoms with Crippen molar-refractivity contribution in [1.29, 1.82) is 0 Å². The molecule has 1 aliphatic heterocycles. The molecule has 1 atom stereocenters. The van der Waals surface area contributed by atoms with Crippen LogP contribution in [-0.2, 0) is 14.4 Å². The lowest BCUT2D eigenvalue weighted by Crippen LogP contribution is -2.31. The van der Waals surface area contributed by atoms with Gasteiger partial charge in [-0.1, -0.05) is 30.3 Å². The molecular formula is C19H18N2O3S. The number of aryl methyl sites for hydroxylation is 1. The number of para-hydroxylation sites is 1. The van der Waals surface area contributed by atoms with Gasteiger partial charge in [0.05, 0.1) is 16.7 Å². The van der Waals surface area contributed by atoms with Gasteiger partial charge in [0.1, 0.15) is 0 Å². The summed E-state index contributed by atoms with van der Waals surface area (Å²) in [5.74, 6) is -0.546. The summed E-state index contributed by atoms with van der Waals surface area (Å²) in [6.07, 6.45) is 0.121. The summed E-state index contributed by atoms with van der Waals surface area (Å²) in [4.78, 5) is 38.0. The minimum atomic E-state index is -0.519. The number of hydrogen-bond acceptors (Lipinski definition) is 4. The monoisotopic (exact) mass is 354 g/mol. The highest BCUT2D eigenvalue weighted by atomic mass is 32.2. The highest BCUT2D eigenvalue weighted by Gasteiger charge is 2.40. The standard InChI is InChI=1S/C19H18N2O3S/c1-13-6-5-9-15(10-13)21-18(23)11-16(19(21)24)25-12-17(22)20-14-7-3-2-4-8-14/h2-10,16H,11-12H2,1H3,(H,20,22)/t16-/m0/s1. The van der Waals surface area contributed by atoms with Gasteiger partial charge in [0, 0.05) is 12.1 Å². The molecular weight excluding hydrogens is 336 g/mol. The molecule has 128 valence electrons. The molecule has 0 aliphatic carbocycles. The van der Waals surface area contributed by atoms with Crippen molar-refractivity contribution in [2.75, 3.05) is 16.0 Å². The van der Waals surface area contributed by atoms with Crippen molar-refractivity contribution in [2.24, 2.45) is 0 Å². The predicted molar refractivity (Wildman–Crippen MR) is 99.6 cm³/mol. The lowest BCUT2D eigenvalue weighted by molar-refractivity contribution is -0.121. The van der Waals surface area contributed by atoms with Gasteiger partial charge in [0.15, 0.2) is 0 Å². The smallest absolute Gasteiger partial charge is 0.247 e. The number of thioether (sulfide) groups is 1. The summed E-state index contributed by atoms with van der Waals surface area (Å²) in [5.41, 5.74) is 2.28. The average Bonchev–Trinajstić information content (AvgIpc) is 2.88. The van der Waals surface area contributed by atoms with Crippen LogP contribution in [0.15, 0.2) is 54.6 Å². The molecule has 1 heterocycles. The van der Waals surface area contributed by atoms with E-state index in [1.54, 1.807) is 18.2 Å². The number of imide groups is 1. The molecule has 1 N–H and O–H groups in total. The normalized spacial score (nSPS) is 17.0. The summed E-state index contributed by atoms with van der Waals surface area (Å²) in [6.45, 7) is 1.91. The van der Waals surface area contributed by atoms with Gasteiger partial charge in [0.25, 0.3) is 0 Å². The molecule has 0 aromatic heterocycles. The second kappa shape index (κ2) is 7.53. The van der Waals surface area contributed by atoms with Crippen molar-refractivity contribution in [3.05, 3.63) is 60.2 Å². The number of rotatable bonds is 5. The molecule has 0 saturated carbocycles. The molecule has 3 rings (SSSR count). The number of hydrogen-bond donors (Lipinski definition) is 1. The lowest BCUT2D eigenvalue weighted by Gasteiger charge is -2.15. The lowest BCUT2D eigenvalue weighted by atomic mass is 10.2. The Morgan fingerprint density at radius 1 is 1.16 bits per heavy atom. The van der Waals surface area contributed by atoms with E-state index in [4.69, 9.17) is 0 Å². The largest absolute Gasteiger partial charge is 0.325 e. The minimum absolute atomic E-state index is 0.121. The number of nitrogens with one attached hydrogen (secondary N) is 1. The fourth-order valence-corrected chi connectivity index (χ4v) is 3.60. The first-order chi connectivity index (χ1) is 12.0. The van der Waals surface area contributed by atoms with E-state index in [9.17, 15) is 14.4 Å². The van der Waals surface area contributed by atoms with Crippen LogP contribution in [0.1, 0.15) is 12.0 Å². The van der Waals surface area contributed by atoms with Gasteiger partial charge in [-0.25, -0.2) is 4.90 Å². The van der Waals surface area contributed by atoms with E-state index >= 15 is 0 Å². The van der Waals surface area contributed by atoms with Gasteiger partial charge in [-0.3, -0.25) is 14.4 Å². The van der Waals surface area contributed by atoms with E-state index < -0.39 is 5.25 Å². The second-order valence-electron chi connectivity index (χ2n) is 5.82. The maximum absolute atomic E-state index is 12.6. The minimum Gasteiger partial charge on any atom is -0.325 e. The van der Waals surface area contributed by atoms with Crippen LogP contribution >= 0.6 is 11.8 Å². The number of nitrogens with zero attached hydrogens (tertiary/aromatic N) is 1. The summed E-state index contributed by atoms with van der Waals surface area (Å²) >= 11 is 1.20. The van der Waals surface area contributed by atoms with Crippen molar-refractivity contribution in [3.8, 4) is 0 Å². The van der Waals surface area contributed by atoms with Crippen molar-refractivity contribution < 1.29 is 14.4 Å². The van der Waals surface area contributed by atoms with Gasteiger partial charge in [-0.2, -0.15) is 0 Å². The number of anilines is 2. The quantitative estimate of drug-likeness (QED) is 0.838. The molecule has 25 heavy (non-hydrogen) atoms. The molecule has 2 aromatic rings. The molecule has 0 bridgehead atoms. The Morgan fingerprint density at radius 2 is 1.92 bits per heavy atom. The van der Waals surface area contributed by atoms with Gasteiger partial charge >= 0.3 is 0 Å². The third-order valence-corrected chi connectivity index (χ3v) is 5.04. The maximum Gasteiger partial charge on any atom is 0.247 e. The topological polar surface area (TPSA) is 66.5 Å². The maximum atomic E-state index is 12.6. The molecule has 0 radical (unpaired) electrons. The molecule has 2 aromatic carbocycles. The van der Waals surface area contributed by atoms with Crippen LogP contribution in [0.4, 0.5) is 11.4 Å². The Balaban J connectivity index is 1.60. The summed E-state index contributed by atoms with van der Waals surface area (Å²) in [7, 11) is 0. The van der Waals surface area contributed by atoms with Gasteiger partial charge < -0.3 is 5.32 Å². The van der Waals surface area contributed by atoms with Crippen LogP contribution < -0.4 is 10.2 Å². The van der Waals surface area contributed by atoms with E-state index in [-0.39, 0.29) is 29.9 Å². The molecule has 0 unspecified atom stereocenters. The molecule has 5 nitrogen and oxygen atoms in total. The summed E-state index contributed by atoms with van der Waals surface area (Å²) in [5, 5.41) is 2.25. The van der Waals surface area contributed by atoms with Crippen molar-refractivity contribution in [3.63, 3.8) is 0 Å². The Hall–Kier alpha value is -2.60. The van der Waals surface area contributed by atoms with E-state index in [1.165, 1.54) is 16.7 Å². The highest BCUT2D eigenvalue weighted by Crippen LogP contribution is 2.30. The van der Waals surface area contributed by atoms with Crippen LogP contribution in [-0.4, -0.2) is 28.7 Å². The SMILES string of the molecule is Cc1cccc(N2C(=O)C[C@H](SCC(=O)Nc3ccccc3)C2=O)c1. The number of carbonyl (C=O) groups excluding carboxylic acids is 3. The van der Waals surface area contributed by atoms with E-state index in [1.807, 2.05) is 43.3 Å². The zero-order valence-electron chi connectivity index (χ0n) is 13.8. The number of carbonyl (C=O) groups is 3. The van der Waals surface area contributed by atoms with Crippen molar-refractivity contribution in [1.82, 2.24) is 0 Å². The third kappa shape index (κ3) is 4.09. The Morgan fingerprint density at radius 3 is 2.64 bits per heavy atom. The first-order valence-electron chi connectivity index (χ1n) is 7.94. The van der Waals surface area contributed by atoms with Crippen LogP contribution in [0.25, 0.3) is 0 Å². The van der Waals surface area contributed by atoms with E-state index in [0.717, 1.165) is 5.56 Å². The molecule has 6 heteroatoms. The van der Waals surface area contributed by atoms with Crippen LogP contribution in [0.3, 0.4) is 0 Å². The summed E-state index contributed by atoms with van der Waals surface area (Å²) in [6, 6.07) is 16.4. The van der Waals surface area contributed by atoms with Crippen LogP contribution in [0.5, 0.6) is 0 Å². The van der Waals surface area contributed by atoms with Gasteiger partial charge in [-0.15, -0.1) is 11.8 Å². The van der Waals surface area contributed by atoms with Crippen molar-refractivity contribution >= 4 is 40.9 Å². The summed E-state index contributed by atoms with van der Waals surface area (Å²) < 4.78 is 0. The average molecular weight is 354 g/mol. The second-order valence-corrected chi connectivity index (χ2v) is 7.02. The molecule has 1 aliphatic rings. The third-order valence-electron chi connectivity index (χ3n) is 3.84. The molecule has 3 amide bonds. The van der Waals surface area contributed by atoms with Crippen LogP contribution in [0.2, 0.25) is 0 Å². The Bertz CT molecular complexity index is 807. The molecule has 0 spiro atoms. The fourth-order valence-electron chi connectivity index (χ4n) is 2.67. The highest BCUT2D eigenvalue weighted by molar-refractivity contribution is 8.01. The number of amides is 3. The van der Waals surface area contributed by atoms with Crippen molar-refractivity contribution in [2.45, 2.75) is 18.6 Å². The fraction of sp³-hybridized carbons (Fsp3) is 0.211.